The summed E-state index contributed by atoms with van der Waals surface area (Å²) in [5, 5.41) is 21.8. The summed E-state index contributed by atoms with van der Waals surface area (Å²) in [6.07, 6.45) is 0.0526. The monoisotopic (exact) mass is 787 g/mol. The second kappa shape index (κ2) is 11.7. The Labute approximate surface area is 229 Å². The van der Waals surface area contributed by atoms with Crippen molar-refractivity contribution in [3.8, 4) is 0 Å². The summed E-state index contributed by atoms with van der Waals surface area (Å²) in [7, 11) is 0. The maximum absolute atomic E-state index is 12.3. The van der Waals surface area contributed by atoms with Crippen LogP contribution < -0.4 is 0 Å². The Morgan fingerprint density at radius 1 is 1.09 bits per heavy atom. The molecule has 1 atom stereocenters. The number of carbonyl (C=O) groups excluding carboxylic acids is 2. The highest BCUT2D eigenvalue weighted by Crippen LogP contribution is 2.37. The SMILES string of the molecule is CC1(C)CC(OCC(O)COC(=O)COC(=O)c2cc(I)cc(I)c2I)CC(C)(C)N1O. The molecule has 1 saturated heterocycles. The van der Waals surface area contributed by atoms with Crippen LogP contribution in [-0.2, 0) is 19.0 Å². The van der Waals surface area contributed by atoms with Crippen LogP contribution in [-0.4, -0.2) is 70.4 Å². The van der Waals surface area contributed by atoms with Crippen LogP contribution in [0.15, 0.2) is 12.1 Å². The summed E-state index contributed by atoms with van der Waals surface area (Å²) in [5.41, 5.74) is -0.524. The van der Waals surface area contributed by atoms with Crippen molar-refractivity contribution in [1.29, 1.82) is 0 Å². The lowest BCUT2D eigenvalue weighted by Gasteiger charge is -2.51. The molecule has 0 aliphatic carbocycles. The van der Waals surface area contributed by atoms with E-state index < -0.39 is 35.7 Å². The van der Waals surface area contributed by atoms with E-state index in [1.807, 2.05) is 33.8 Å². The van der Waals surface area contributed by atoms with E-state index >= 15 is 0 Å². The van der Waals surface area contributed by atoms with Gasteiger partial charge in [-0.2, -0.15) is 5.06 Å². The lowest BCUT2D eigenvalue weighted by molar-refractivity contribution is -0.262. The average molecular weight is 787 g/mol. The number of piperidine rings is 1. The van der Waals surface area contributed by atoms with Crippen LogP contribution in [0, 0.1) is 10.7 Å². The molecular formula is C21H28I3NO7. The first-order valence-corrected chi connectivity index (χ1v) is 13.2. The highest BCUT2D eigenvalue weighted by Gasteiger charge is 2.45. The highest BCUT2D eigenvalue weighted by molar-refractivity contribution is 14.1. The Hall–Kier alpha value is 0.190. The van der Waals surface area contributed by atoms with Gasteiger partial charge in [0.1, 0.15) is 12.7 Å². The zero-order valence-electron chi connectivity index (χ0n) is 18.4. The maximum atomic E-state index is 12.3. The third-order valence-electron chi connectivity index (χ3n) is 5.10. The van der Waals surface area contributed by atoms with E-state index in [9.17, 15) is 19.9 Å². The highest BCUT2D eigenvalue weighted by atomic mass is 127. The Kier molecular flexibility index (Phi) is 10.4. The fraction of sp³-hybridized carbons (Fsp3) is 0.619. The van der Waals surface area contributed by atoms with Gasteiger partial charge in [-0.3, -0.25) is 0 Å². The van der Waals surface area contributed by atoms with Gasteiger partial charge in [0.2, 0.25) is 0 Å². The average Bonchev–Trinajstić information content (AvgIpc) is 2.69. The lowest BCUT2D eigenvalue weighted by atomic mass is 9.80. The van der Waals surface area contributed by atoms with Crippen LogP contribution in [0.25, 0.3) is 0 Å². The summed E-state index contributed by atoms with van der Waals surface area (Å²) in [5.74, 6) is -1.35. The second-order valence-electron chi connectivity index (χ2n) is 8.96. The van der Waals surface area contributed by atoms with E-state index in [2.05, 4.69) is 67.8 Å². The Bertz CT molecular complexity index is 829. The van der Waals surface area contributed by atoms with Crippen LogP contribution >= 0.6 is 67.8 Å². The molecule has 1 aromatic carbocycles. The number of rotatable bonds is 8. The van der Waals surface area contributed by atoms with Crippen LogP contribution in [0.2, 0.25) is 0 Å². The fourth-order valence-corrected chi connectivity index (χ4v) is 6.11. The second-order valence-corrected chi connectivity index (χ2v) is 12.4. The molecule has 1 fully saturated rings. The minimum atomic E-state index is -1.01. The number of halogens is 3. The van der Waals surface area contributed by atoms with Crippen LogP contribution in [0.4, 0.5) is 0 Å². The molecule has 1 unspecified atom stereocenters. The number of benzene rings is 1. The van der Waals surface area contributed by atoms with Crippen molar-refractivity contribution in [2.24, 2.45) is 0 Å². The van der Waals surface area contributed by atoms with Gasteiger partial charge in [0.25, 0.3) is 0 Å². The molecule has 8 nitrogen and oxygen atoms in total. The first-order valence-electron chi connectivity index (χ1n) is 9.99. The van der Waals surface area contributed by atoms with E-state index in [0.717, 1.165) is 10.7 Å². The molecule has 0 bridgehead atoms. The largest absolute Gasteiger partial charge is 0.460 e. The van der Waals surface area contributed by atoms with Crippen molar-refractivity contribution >= 4 is 79.7 Å². The standard InChI is InChI=1S/C21H28I3NO7/c1-20(2)7-14(8-21(3,4)25(20)29)30-9-13(26)10-31-17(27)11-32-19(28)15-5-12(22)6-16(23)18(15)24/h5-6,13-14,26,29H,7-11H2,1-4H3. The van der Waals surface area contributed by atoms with Crippen molar-refractivity contribution in [2.75, 3.05) is 19.8 Å². The van der Waals surface area contributed by atoms with Gasteiger partial charge in [0, 0.05) is 21.8 Å². The molecule has 2 N–H and O–H groups in total. The molecule has 2 rings (SSSR count). The molecule has 0 amide bonds. The number of aliphatic hydroxyl groups is 1. The number of carbonyl (C=O) groups is 2. The summed E-state index contributed by atoms with van der Waals surface area (Å²) < 4.78 is 18.5. The molecular weight excluding hydrogens is 759 g/mol. The van der Waals surface area contributed by atoms with Crippen LogP contribution in [0.1, 0.15) is 50.9 Å². The lowest BCUT2D eigenvalue weighted by Crippen LogP contribution is -2.60. The van der Waals surface area contributed by atoms with Crippen molar-refractivity contribution in [3.05, 3.63) is 28.4 Å². The smallest absolute Gasteiger partial charge is 0.344 e. The fourth-order valence-electron chi connectivity index (χ4n) is 3.73. The Balaban J connectivity index is 1.75. The van der Waals surface area contributed by atoms with E-state index in [4.69, 9.17) is 14.2 Å². The molecule has 1 aliphatic heterocycles. The number of hydrogen-bond acceptors (Lipinski definition) is 8. The molecule has 0 aromatic heterocycles. The number of ether oxygens (including phenoxy) is 3. The van der Waals surface area contributed by atoms with Crippen molar-refractivity contribution < 1.29 is 34.1 Å². The van der Waals surface area contributed by atoms with Gasteiger partial charge in [-0.15, -0.1) is 0 Å². The molecule has 32 heavy (non-hydrogen) atoms. The Morgan fingerprint density at radius 3 is 2.28 bits per heavy atom. The van der Waals surface area contributed by atoms with Gasteiger partial charge in [0.15, 0.2) is 6.61 Å². The van der Waals surface area contributed by atoms with E-state index in [0.29, 0.717) is 18.4 Å². The maximum Gasteiger partial charge on any atom is 0.344 e. The van der Waals surface area contributed by atoms with Crippen molar-refractivity contribution in [1.82, 2.24) is 5.06 Å². The van der Waals surface area contributed by atoms with Gasteiger partial charge >= 0.3 is 11.9 Å². The molecule has 0 radical (unpaired) electrons. The van der Waals surface area contributed by atoms with E-state index in [-0.39, 0.29) is 19.3 Å². The first-order chi connectivity index (χ1) is 14.7. The molecule has 180 valence electrons. The number of aliphatic hydroxyl groups excluding tert-OH is 1. The molecule has 0 saturated carbocycles. The van der Waals surface area contributed by atoms with Gasteiger partial charge in [-0.05, 0) is 120 Å². The normalized spacial score (nSPS) is 19.4. The predicted molar refractivity (Wildman–Crippen MR) is 143 cm³/mol. The third-order valence-corrected chi connectivity index (χ3v) is 8.76. The minimum Gasteiger partial charge on any atom is -0.460 e. The third kappa shape index (κ3) is 7.86. The topological polar surface area (TPSA) is 106 Å². The predicted octanol–water partition coefficient (Wildman–Crippen LogP) is 3.99. The van der Waals surface area contributed by atoms with Gasteiger partial charge in [-0.1, -0.05) is 0 Å². The zero-order valence-corrected chi connectivity index (χ0v) is 24.8. The van der Waals surface area contributed by atoms with Gasteiger partial charge in [-0.25, -0.2) is 9.59 Å². The number of nitrogens with zero attached hydrogens (tertiary/aromatic N) is 1. The molecule has 1 aliphatic rings. The number of esters is 2. The summed E-state index contributed by atoms with van der Waals surface area (Å²) in [6.45, 7) is 6.92. The minimum absolute atomic E-state index is 0.00555. The quantitative estimate of drug-likeness (QED) is 0.232. The van der Waals surface area contributed by atoms with Gasteiger partial charge in [0.05, 0.1) is 18.3 Å². The number of hydroxylamine groups is 2. The summed E-state index contributed by atoms with van der Waals surface area (Å²) >= 11 is 6.30. The van der Waals surface area contributed by atoms with Crippen molar-refractivity contribution in [2.45, 2.75) is 63.8 Å². The zero-order chi connectivity index (χ0) is 24.3. The van der Waals surface area contributed by atoms with Crippen LogP contribution in [0.5, 0.6) is 0 Å². The molecule has 11 heteroatoms. The Morgan fingerprint density at radius 2 is 1.69 bits per heavy atom. The molecule has 0 spiro atoms. The summed E-state index contributed by atoms with van der Waals surface area (Å²) in [4.78, 5) is 24.2. The van der Waals surface area contributed by atoms with Gasteiger partial charge < -0.3 is 24.5 Å². The number of hydrogen-bond donors (Lipinski definition) is 2. The van der Waals surface area contributed by atoms with E-state index in [1.165, 1.54) is 5.06 Å². The molecule has 1 heterocycles. The van der Waals surface area contributed by atoms with E-state index in [1.54, 1.807) is 6.07 Å². The summed E-state index contributed by atoms with van der Waals surface area (Å²) in [6, 6.07) is 3.63. The van der Waals surface area contributed by atoms with Crippen LogP contribution in [0.3, 0.4) is 0 Å². The van der Waals surface area contributed by atoms with Crippen molar-refractivity contribution in [3.63, 3.8) is 0 Å². The first kappa shape index (κ1) is 28.4. The molecule has 1 aromatic rings.